The summed E-state index contributed by atoms with van der Waals surface area (Å²) in [7, 11) is -2.26. The van der Waals surface area contributed by atoms with E-state index in [4.69, 9.17) is 4.74 Å². The van der Waals surface area contributed by atoms with Gasteiger partial charge in [-0.15, -0.1) is 0 Å². The second kappa shape index (κ2) is 16.3. The summed E-state index contributed by atoms with van der Waals surface area (Å²) in [5, 5.41) is 2.31. The van der Waals surface area contributed by atoms with Crippen LogP contribution < -0.4 is 5.32 Å². The highest BCUT2D eigenvalue weighted by molar-refractivity contribution is 7.98. The van der Waals surface area contributed by atoms with E-state index in [-0.39, 0.29) is 5.91 Å². The summed E-state index contributed by atoms with van der Waals surface area (Å²) in [6.45, 7) is 1.99. The van der Waals surface area contributed by atoms with E-state index in [1.54, 1.807) is 42.1 Å². The number of rotatable bonds is 14. The van der Waals surface area contributed by atoms with Crippen LogP contribution in [0.25, 0.3) is 11.1 Å². The zero-order valence-electron chi connectivity index (χ0n) is 26.1. The van der Waals surface area contributed by atoms with Crippen molar-refractivity contribution in [2.45, 2.75) is 80.9 Å². The van der Waals surface area contributed by atoms with Crippen molar-refractivity contribution >= 4 is 33.5 Å². The highest BCUT2D eigenvalue weighted by Crippen LogP contribution is 2.33. The zero-order valence-corrected chi connectivity index (χ0v) is 27.7. The Bertz CT molecular complexity index is 1500. The minimum Gasteiger partial charge on any atom is -0.467 e. The van der Waals surface area contributed by atoms with Crippen LogP contribution in [0.4, 0.5) is 0 Å². The molecule has 3 aromatic carbocycles. The lowest BCUT2D eigenvalue weighted by molar-refractivity contribution is -0.142. The van der Waals surface area contributed by atoms with Gasteiger partial charge in [0.2, 0.25) is 0 Å². The molecule has 0 saturated heterocycles. The third-order valence-electron chi connectivity index (χ3n) is 8.76. The van der Waals surface area contributed by atoms with Gasteiger partial charge in [-0.05, 0) is 91.0 Å². The topological polar surface area (TPSA) is 89.5 Å². The number of hydrogen-bond acceptors (Lipinski definition) is 6. The Morgan fingerprint density at radius 1 is 0.932 bits per heavy atom. The Labute approximate surface area is 267 Å². The summed E-state index contributed by atoms with van der Waals surface area (Å²) in [6, 6.07) is 21.4. The van der Waals surface area contributed by atoms with Gasteiger partial charge >= 0.3 is 5.97 Å². The van der Waals surface area contributed by atoms with Gasteiger partial charge in [0.25, 0.3) is 5.91 Å². The van der Waals surface area contributed by atoms with Gasteiger partial charge in [0, 0.05) is 5.56 Å². The third-order valence-corrected chi connectivity index (χ3v) is 11.6. The lowest BCUT2D eigenvalue weighted by Gasteiger charge is -2.25. The summed E-state index contributed by atoms with van der Waals surface area (Å²) in [5.41, 5.74) is 3.90. The Kier molecular flexibility index (Phi) is 12.5. The molecular weight excluding hydrogens is 591 g/mol. The van der Waals surface area contributed by atoms with Gasteiger partial charge in [0.05, 0.1) is 17.3 Å². The van der Waals surface area contributed by atoms with Gasteiger partial charge in [0.15, 0.2) is 9.84 Å². The van der Waals surface area contributed by atoms with Crippen LogP contribution in [0.15, 0.2) is 77.7 Å². The van der Waals surface area contributed by atoms with Gasteiger partial charge in [-0.25, -0.2) is 13.2 Å². The monoisotopic (exact) mass is 635 g/mol. The normalized spacial score (nSPS) is 15.3. The molecule has 3 aromatic rings. The van der Waals surface area contributed by atoms with Crippen LogP contribution in [-0.4, -0.2) is 50.7 Å². The van der Waals surface area contributed by atoms with Crippen molar-refractivity contribution in [3.63, 3.8) is 0 Å². The Hall–Kier alpha value is -3.10. The number of sulfone groups is 1. The van der Waals surface area contributed by atoms with Gasteiger partial charge < -0.3 is 10.1 Å². The van der Waals surface area contributed by atoms with Crippen molar-refractivity contribution in [1.82, 2.24) is 5.32 Å². The first kappa shape index (κ1) is 33.8. The van der Waals surface area contributed by atoms with E-state index in [9.17, 15) is 18.0 Å². The molecule has 0 aromatic heterocycles. The Morgan fingerprint density at radius 3 is 2.32 bits per heavy atom. The first-order valence-corrected chi connectivity index (χ1v) is 18.5. The highest BCUT2D eigenvalue weighted by Gasteiger charge is 2.30. The quantitative estimate of drug-likeness (QED) is 0.185. The number of benzene rings is 3. The molecule has 1 saturated carbocycles. The van der Waals surface area contributed by atoms with Crippen LogP contribution in [0, 0.1) is 12.8 Å². The van der Waals surface area contributed by atoms with E-state index in [0.717, 1.165) is 28.7 Å². The molecule has 0 aliphatic heterocycles. The molecule has 4 rings (SSSR count). The van der Waals surface area contributed by atoms with E-state index in [0.29, 0.717) is 41.4 Å². The number of nitrogens with one attached hydrogen (secondary N) is 1. The first-order chi connectivity index (χ1) is 21.2. The fraction of sp³-hybridized carbons (Fsp3) is 0.444. The molecule has 1 aliphatic rings. The van der Waals surface area contributed by atoms with Crippen LogP contribution in [0.3, 0.4) is 0 Å². The first-order valence-electron chi connectivity index (χ1n) is 15.6. The molecular formula is C36H45NO5S2. The molecule has 1 fully saturated rings. The standard InChI is InChI=1S/C36H45NO5S2/c1-26-12-10-11-17-31(26)33-25-28(19-21-32(33)35(38)37-34(22-23-43-3)36(39)42-2)24-30(20-18-27-13-6-4-7-14-27)44(40,41)29-15-8-5-9-16-29/h5,8-12,15-17,19,21,25,27,30,34H,4,6-7,13-14,18,20,22-24H2,1-3H3,(H,37,38). The molecule has 0 heterocycles. The molecule has 8 heteroatoms. The predicted octanol–water partition coefficient (Wildman–Crippen LogP) is 7.43. The third kappa shape index (κ3) is 8.75. The number of carbonyl (C=O) groups excluding carboxylic acids is 2. The van der Waals surface area contributed by atoms with Crippen LogP contribution in [0.5, 0.6) is 0 Å². The van der Waals surface area contributed by atoms with E-state index in [1.165, 1.54) is 39.2 Å². The Balaban J connectivity index is 1.69. The van der Waals surface area contributed by atoms with Crippen molar-refractivity contribution < 1.29 is 22.7 Å². The molecule has 0 spiro atoms. The average molecular weight is 636 g/mol. The molecule has 1 amide bonds. The summed E-state index contributed by atoms with van der Waals surface area (Å²) in [4.78, 5) is 26.5. The van der Waals surface area contributed by atoms with Crippen molar-refractivity contribution in [3.05, 3.63) is 89.5 Å². The smallest absolute Gasteiger partial charge is 0.328 e. The van der Waals surface area contributed by atoms with Crippen LogP contribution in [-0.2, 0) is 25.8 Å². The van der Waals surface area contributed by atoms with Crippen molar-refractivity contribution in [2.75, 3.05) is 19.1 Å². The average Bonchev–Trinajstić information content (AvgIpc) is 3.05. The highest BCUT2D eigenvalue weighted by atomic mass is 32.2. The number of thioether (sulfide) groups is 1. The van der Waals surface area contributed by atoms with Crippen LogP contribution in [0.2, 0.25) is 0 Å². The van der Waals surface area contributed by atoms with Crippen molar-refractivity contribution in [2.24, 2.45) is 5.92 Å². The van der Waals surface area contributed by atoms with E-state index in [1.807, 2.05) is 55.6 Å². The number of carbonyl (C=O) groups is 2. The maximum absolute atomic E-state index is 14.0. The number of esters is 1. The van der Waals surface area contributed by atoms with Crippen molar-refractivity contribution in [1.29, 1.82) is 0 Å². The molecule has 6 nitrogen and oxygen atoms in total. The Morgan fingerprint density at radius 2 is 1.64 bits per heavy atom. The molecule has 236 valence electrons. The summed E-state index contributed by atoms with van der Waals surface area (Å²) < 4.78 is 32.9. The number of aryl methyl sites for hydroxylation is 1. The van der Waals surface area contributed by atoms with E-state index >= 15 is 0 Å². The minimum atomic E-state index is -3.58. The van der Waals surface area contributed by atoms with Gasteiger partial charge in [-0.2, -0.15) is 11.8 Å². The fourth-order valence-electron chi connectivity index (χ4n) is 6.21. The van der Waals surface area contributed by atoms with Gasteiger partial charge in [-0.3, -0.25) is 4.79 Å². The number of ether oxygens (including phenoxy) is 1. The minimum absolute atomic E-state index is 0.350. The summed E-state index contributed by atoms with van der Waals surface area (Å²) in [6.07, 6.45) is 10.3. The van der Waals surface area contributed by atoms with Gasteiger partial charge in [-0.1, -0.05) is 86.7 Å². The maximum atomic E-state index is 14.0. The summed E-state index contributed by atoms with van der Waals surface area (Å²) >= 11 is 1.60. The lowest BCUT2D eigenvalue weighted by atomic mass is 9.85. The largest absolute Gasteiger partial charge is 0.467 e. The summed E-state index contributed by atoms with van der Waals surface area (Å²) in [5.74, 6) is 0.423. The predicted molar refractivity (Wildman–Crippen MR) is 180 cm³/mol. The van der Waals surface area contributed by atoms with Crippen LogP contribution >= 0.6 is 11.8 Å². The molecule has 1 aliphatic carbocycles. The number of amides is 1. The fourth-order valence-corrected chi connectivity index (χ4v) is 8.46. The second-order valence-electron chi connectivity index (χ2n) is 11.8. The van der Waals surface area contributed by atoms with E-state index < -0.39 is 27.1 Å². The van der Waals surface area contributed by atoms with Crippen LogP contribution in [0.1, 0.15) is 72.9 Å². The SMILES string of the molecule is COC(=O)C(CCSC)NC(=O)c1ccc(CC(CCC2CCCCC2)S(=O)(=O)c2ccccc2)cc1-c1ccccc1C. The molecule has 44 heavy (non-hydrogen) atoms. The number of hydrogen-bond donors (Lipinski definition) is 1. The molecule has 1 N–H and O–H groups in total. The molecule has 2 unspecified atom stereocenters. The maximum Gasteiger partial charge on any atom is 0.328 e. The number of methoxy groups -OCH3 is 1. The second-order valence-corrected chi connectivity index (χ2v) is 15.0. The zero-order chi connectivity index (χ0) is 31.5. The van der Waals surface area contributed by atoms with Crippen molar-refractivity contribution in [3.8, 4) is 11.1 Å². The van der Waals surface area contributed by atoms with Gasteiger partial charge in [0.1, 0.15) is 6.04 Å². The van der Waals surface area contributed by atoms with E-state index in [2.05, 4.69) is 5.32 Å². The molecule has 2 atom stereocenters. The lowest BCUT2D eigenvalue weighted by Crippen LogP contribution is -2.42. The molecule has 0 bridgehead atoms. The molecule has 0 radical (unpaired) electrons.